The molecule has 0 bridgehead atoms. The first-order valence-corrected chi connectivity index (χ1v) is 5.26. The molecule has 0 aromatic rings. The zero-order valence-corrected chi connectivity index (χ0v) is 8.00. The van der Waals surface area contributed by atoms with E-state index in [0.717, 1.165) is 12.1 Å². The number of allylic oxidation sites excluding steroid dienone is 1. The van der Waals surface area contributed by atoms with Gasteiger partial charge in [0.2, 0.25) is 0 Å². The van der Waals surface area contributed by atoms with Crippen molar-refractivity contribution in [2.75, 3.05) is 7.05 Å². The minimum Gasteiger partial charge on any atom is -0.297 e. The van der Waals surface area contributed by atoms with Crippen molar-refractivity contribution in [2.24, 2.45) is 0 Å². The summed E-state index contributed by atoms with van der Waals surface area (Å²) in [6.45, 7) is 0. The summed E-state index contributed by atoms with van der Waals surface area (Å²) in [5.74, 6) is 0. The lowest BCUT2D eigenvalue weighted by atomic mass is 9.89. The smallest absolute Gasteiger partial charge is 0.0278 e. The van der Waals surface area contributed by atoms with Gasteiger partial charge in [-0.15, -0.1) is 0 Å². The monoisotopic (exact) mass is 165 g/mol. The van der Waals surface area contributed by atoms with Crippen LogP contribution in [0.3, 0.4) is 0 Å². The van der Waals surface area contributed by atoms with E-state index in [0.29, 0.717) is 0 Å². The summed E-state index contributed by atoms with van der Waals surface area (Å²) < 4.78 is 0. The zero-order valence-electron chi connectivity index (χ0n) is 8.00. The van der Waals surface area contributed by atoms with E-state index in [1.165, 1.54) is 38.5 Å². The molecular weight excluding hydrogens is 146 g/mol. The van der Waals surface area contributed by atoms with Crippen molar-refractivity contribution in [2.45, 2.75) is 50.6 Å². The molecule has 0 aliphatic heterocycles. The van der Waals surface area contributed by atoms with Crippen LogP contribution in [0.5, 0.6) is 0 Å². The van der Waals surface area contributed by atoms with Crippen molar-refractivity contribution in [3.63, 3.8) is 0 Å². The Morgan fingerprint density at radius 1 is 1.17 bits per heavy atom. The van der Waals surface area contributed by atoms with Crippen LogP contribution >= 0.6 is 0 Å². The van der Waals surface area contributed by atoms with E-state index < -0.39 is 0 Å². The average molecular weight is 165 g/mol. The summed E-state index contributed by atoms with van der Waals surface area (Å²) in [6, 6.07) is 1.65. The van der Waals surface area contributed by atoms with E-state index in [1.54, 1.807) is 0 Å². The number of nitrogens with zero attached hydrogens (tertiary/aromatic N) is 1. The topological polar surface area (TPSA) is 3.24 Å². The summed E-state index contributed by atoms with van der Waals surface area (Å²) >= 11 is 0. The lowest BCUT2D eigenvalue weighted by Crippen LogP contribution is -2.43. The molecule has 1 atom stereocenters. The summed E-state index contributed by atoms with van der Waals surface area (Å²) in [5, 5.41) is 0. The van der Waals surface area contributed by atoms with Gasteiger partial charge < -0.3 is 0 Å². The molecule has 1 unspecified atom stereocenters. The number of hydrogen-bond acceptors (Lipinski definition) is 1. The Kier molecular flexibility index (Phi) is 2.50. The van der Waals surface area contributed by atoms with Crippen molar-refractivity contribution < 1.29 is 0 Å². The van der Waals surface area contributed by atoms with Crippen LogP contribution in [0.2, 0.25) is 0 Å². The van der Waals surface area contributed by atoms with Gasteiger partial charge in [-0.1, -0.05) is 18.6 Å². The van der Waals surface area contributed by atoms with Crippen LogP contribution in [0, 0.1) is 0 Å². The third-order valence-corrected chi connectivity index (χ3v) is 3.40. The highest BCUT2D eigenvalue weighted by molar-refractivity contribution is 5.00. The normalized spacial score (nSPS) is 30.7. The van der Waals surface area contributed by atoms with Crippen LogP contribution in [0.25, 0.3) is 0 Å². The molecule has 1 saturated carbocycles. The molecule has 2 rings (SSSR count). The molecule has 0 radical (unpaired) electrons. The molecule has 0 saturated heterocycles. The van der Waals surface area contributed by atoms with Crippen molar-refractivity contribution in [3.05, 3.63) is 12.2 Å². The molecule has 0 aromatic carbocycles. The van der Waals surface area contributed by atoms with Crippen LogP contribution in [-0.4, -0.2) is 24.0 Å². The largest absolute Gasteiger partial charge is 0.297 e. The van der Waals surface area contributed by atoms with Gasteiger partial charge in [0.25, 0.3) is 0 Å². The first kappa shape index (κ1) is 8.31. The molecule has 0 aromatic heterocycles. The molecule has 12 heavy (non-hydrogen) atoms. The Hall–Kier alpha value is -0.300. The summed E-state index contributed by atoms with van der Waals surface area (Å²) in [4.78, 5) is 2.58. The van der Waals surface area contributed by atoms with E-state index in [4.69, 9.17) is 0 Å². The lowest BCUT2D eigenvalue weighted by molar-refractivity contribution is 0.123. The van der Waals surface area contributed by atoms with Crippen LogP contribution in [0.1, 0.15) is 38.5 Å². The number of rotatable bonds is 2. The quantitative estimate of drug-likeness (QED) is 0.568. The van der Waals surface area contributed by atoms with Gasteiger partial charge >= 0.3 is 0 Å². The summed E-state index contributed by atoms with van der Waals surface area (Å²) in [7, 11) is 2.30. The Labute approximate surface area is 75.4 Å². The fraction of sp³-hybridized carbons (Fsp3) is 0.818. The predicted octanol–water partition coefficient (Wildman–Crippen LogP) is 2.58. The van der Waals surface area contributed by atoms with Crippen LogP contribution < -0.4 is 0 Å². The Morgan fingerprint density at radius 3 is 2.50 bits per heavy atom. The molecule has 1 nitrogen and oxygen atoms in total. The maximum Gasteiger partial charge on any atom is 0.0278 e. The highest BCUT2D eigenvalue weighted by atomic mass is 15.2. The minimum atomic E-state index is 0.754. The second-order valence-corrected chi connectivity index (χ2v) is 4.18. The zero-order chi connectivity index (χ0) is 8.39. The second-order valence-electron chi connectivity index (χ2n) is 4.18. The fourth-order valence-corrected chi connectivity index (χ4v) is 2.20. The van der Waals surface area contributed by atoms with Gasteiger partial charge in [0.15, 0.2) is 0 Å². The molecule has 0 heterocycles. The Morgan fingerprint density at radius 2 is 2.00 bits per heavy atom. The van der Waals surface area contributed by atoms with E-state index in [1.807, 2.05) is 0 Å². The van der Waals surface area contributed by atoms with Crippen molar-refractivity contribution in [3.8, 4) is 0 Å². The maximum atomic E-state index is 2.58. The Balaban J connectivity index is 1.88. The van der Waals surface area contributed by atoms with E-state index in [-0.39, 0.29) is 0 Å². The first-order chi connectivity index (χ1) is 5.88. The third-order valence-electron chi connectivity index (χ3n) is 3.40. The fourth-order valence-electron chi connectivity index (χ4n) is 2.20. The molecule has 2 aliphatic carbocycles. The van der Waals surface area contributed by atoms with E-state index in [2.05, 4.69) is 24.1 Å². The summed E-state index contributed by atoms with van der Waals surface area (Å²) in [6.07, 6.45) is 13.1. The standard InChI is InChI=1S/C11H19N/c1-12(11-8-5-9-11)10-6-3-2-4-7-10/h3,6,10-11H,2,4-5,7-9H2,1H3. The molecule has 68 valence electrons. The van der Waals surface area contributed by atoms with Crippen LogP contribution in [0.15, 0.2) is 12.2 Å². The predicted molar refractivity (Wildman–Crippen MR) is 52.2 cm³/mol. The average Bonchev–Trinajstić information content (AvgIpc) is 2.03. The highest BCUT2D eigenvalue weighted by Crippen LogP contribution is 2.27. The van der Waals surface area contributed by atoms with E-state index >= 15 is 0 Å². The van der Waals surface area contributed by atoms with Crippen LogP contribution in [0.4, 0.5) is 0 Å². The Bertz CT molecular complexity index is 170. The van der Waals surface area contributed by atoms with Gasteiger partial charge in [0, 0.05) is 12.1 Å². The molecule has 0 amide bonds. The van der Waals surface area contributed by atoms with Gasteiger partial charge in [0.1, 0.15) is 0 Å². The van der Waals surface area contributed by atoms with Gasteiger partial charge in [0.05, 0.1) is 0 Å². The van der Waals surface area contributed by atoms with Gasteiger partial charge in [-0.05, 0) is 39.2 Å². The van der Waals surface area contributed by atoms with Gasteiger partial charge in [-0.25, -0.2) is 0 Å². The third kappa shape index (κ3) is 1.56. The second kappa shape index (κ2) is 3.61. The SMILES string of the molecule is CN(C1C=CCCC1)C1CCC1. The van der Waals surface area contributed by atoms with Crippen molar-refractivity contribution >= 4 is 0 Å². The number of likely N-dealkylation sites (N-methyl/N-ethyl adjacent to an activating group) is 1. The molecule has 2 aliphatic rings. The van der Waals surface area contributed by atoms with E-state index in [9.17, 15) is 0 Å². The molecule has 1 heteroatoms. The molecular formula is C11H19N. The summed E-state index contributed by atoms with van der Waals surface area (Å²) in [5.41, 5.74) is 0. The maximum absolute atomic E-state index is 2.58. The van der Waals surface area contributed by atoms with Crippen molar-refractivity contribution in [1.29, 1.82) is 0 Å². The minimum absolute atomic E-state index is 0.754. The molecule has 1 fully saturated rings. The highest BCUT2D eigenvalue weighted by Gasteiger charge is 2.26. The lowest BCUT2D eigenvalue weighted by Gasteiger charge is -2.39. The van der Waals surface area contributed by atoms with Crippen molar-refractivity contribution in [1.82, 2.24) is 4.90 Å². The van der Waals surface area contributed by atoms with Crippen LogP contribution in [-0.2, 0) is 0 Å². The molecule has 0 spiro atoms. The van der Waals surface area contributed by atoms with Gasteiger partial charge in [-0.3, -0.25) is 4.90 Å². The first-order valence-electron chi connectivity index (χ1n) is 5.26. The van der Waals surface area contributed by atoms with Gasteiger partial charge in [-0.2, -0.15) is 0 Å². The number of hydrogen-bond donors (Lipinski definition) is 0. The molecule has 0 N–H and O–H groups in total.